The van der Waals surface area contributed by atoms with Crippen LogP contribution in [-0.2, 0) is 15.9 Å². The quantitative estimate of drug-likeness (QED) is 0.412. The maximum Gasteiger partial charge on any atom is 0.340 e. The van der Waals surface area contributed by atoms with Crippen LogP contribution in [0.5, 0.6) is 17.4 Å². The zero-order valence-corrected chi connectivity index (χ0v) is 20.0. The second-order valence-electron chi connectivity index (χ2n) is 7.99. The van der Waals surface area contributed by atoms with Crippen LogP contribution in [0, 0.1) is 41.5 Å². The molecular formula is C25H30N2O5. The number of carbonyl (C=O) groups excluding carboxylic acids is 1. The van der Waals surface area contributed by atoms with Gasteiger partial charge in [0.1, 0.15) is 17.3 Å². The first-order valence-electron chi connectivity index (χ1n) is 10.6. The Bertz CT molecular complexity index is 1220. The van der Waals surface area contributed by atoms with Gasteiger partial charge in [-0.3, -0.25) is 0 Å². The minimum Gasteiger partial charge on any atom is -0.508 e. The summed E-state index contributed by atoms with van der Waals surface area (Å²) in [5, 5.41) is 11.0. The summed E-state index contributed by atoms with van der Waals surface area (Å²) in [7, 11) is 1.48. The van der Waals surface area contributed by atoms with Crippen molar-refractivity contribution in [1.29, 1.82) is 0 Å². The van der Waals surface area contributed by atoms with Crippen LogP contribution in [0.25, 0.3) is 10.9 Å². The Morgan fingerprint density at radius 2 is 1.69 bits per heavy atom. The molecule has 0 bridgehead atoms. The van der Waals surface area contributed by atoms with E-state index in [9.17, 15) is 9.90 Å². The number of nitrogens with zero attached hydrogens (tertiary/aromatic N) is 2. The Balaban J connectivity index is 2.24. The van der Waals surface area contributed by atoms with Gasteiger partial charge in [-0.2, -0.15) is 4.98 Å². The van der Waals surface area contributed by atoms with E-state index in [1.54, 1.807) is 13.0 Å². The summed E-state index contributed by atoms with van der Waals surface area (Å²) in [4.78, 5) is 21.8. The predicted octanol–water partition coefficient (Wildman–Crippen LogP) is 5.30. The molecule has 0 aliphatic carbocycles. The Hall–Kier alpha value is -3.19. The second-order valence-corrected chi connectivity index (χ2v) is 7.99. The zero-order valence-electron chi connectivity index (χ0n) is 20.0. The molecule has 1 N–H and O–H groups in total. The molecular weight excluding hydrogens is 408 g/mol. The molecule has 3 aromatic rings. The van der Waals surface area contributed by atoms with Crippen molar-refractivity contribution in [2.45, 2.75) is 54.9 Å². The Morgan fingerprint density at radius 1 is 1.00 bits per heavy atom. The van der Waals surface area contributed by atoms with Crippen LogP contribution < -0.4 is 4.74 Å². The highest BCUT2D eigenvalue weighted by Crippen LogP contribution is 2.40. The number of carbonyl (C=O) groups is 1. The molecule has 1 heterocycles. The molecule has 0 aliphatic heterocycles. The summed E-state index contributed by atoms with van der Waals surface area (Å²) in [5.74, 6) is 1.42. The fourth-order valence-electron chi connectivity index (χ4n) is 4.09. The number of hydrogen-bond donors (Lipinski definition) is 1. The topological polar surface area (TPSA) is 90.8 Å². The summed E-state index contributed by atoms with van der Waals surface area (Å²) >= 11 is 0. The standard InChI is InChI=1S/C25H30N2O5/c1-9-18-15(5)21(25(29)31-11-30-8)13(3)14(4)23(18)32-24-20-12(2)10-19(28)16(6)22(20)26-17(7)27-24/h10,28H,9,11H2,1-8H3. The van der Waals surface area contributed by atoms with Gasteiger partial charge in [-0.15, -0.1) is 0 Å². The van der Waals surface area contributed by atoms with Crippen molar-refractivity contribution in [2.24, 2.45) is 0 Å². The molecule has 7 heteroatoms. The van der Waals surface area contributed by atoms with E-state index in [0.29, 0.717) is 40.5 Å². The van der Waals surface area contributed by atoms with E-state index in [-0.39, 0.29) is 12.5 Å². The Labute approximate surface area is 188 Å². The number of aryl methyl sites for hydroxylation is 3. The largest absolute Gasteiger partial charge is 0.508 e. The Kier molecular flexibility index (Phi) is 6.69. The van der Waals surface area contributed by atoms with Gasteiger partial charge >= 0.3 is 5.97 Å². The van der Waals surface area contributed by atoms with Gasteiger partial charge < -0.3 is 19.3 Å². The van der Waals surface area contributed by atoms with Crippen LogP contribution in [0.1, 0.15) is 56.5 Å². The molecule has 7 nitrogen and oxygen atoms in total. The molecule has 1 aromatic heterocycles. The van der Waals surface area contributed by atoms with Crippen molar-refractivity contribution in [1.82, 2.24) is 9.97 Å². The number of phenolic OH excluding ortho intramolecular Hbond substituents is 1. The van der Waals surface area contributed by atoms with E-state index in [2.05, 4.69) is 9.97 Å². The molecule has 32 heavy (non-hydrogen) atoms. The van der Waals surface area contributed by atoms with Gasteiger partial charge in [-0.05, 0) is 81.8 Å². The van der Waals surface area contributed by atoms with Crippen molar-refractivity contribution in [3.8, 4) is 17.4 Å². The SMILES string of the molecule is CCc1c(C)c(C(=O)OCOC)c(C)c(C)c1Oc1nc(C)nc2c(C)c(O)cc(C)c12. The molecule has 0 fully saturated rings. The van der Waals surface area contributed by atoms with Crippen LogP contribution >= 0.6 is 0 Å². The first-order valence-corrected chi connectivity index (χ1v) is 10.6. The van der Waals surface area contributed by atoms with E-state index in [0.717, 1.165) is 33.2 Å². The average molecular weight is 439 g/mol. The van der Waals surface area contributed by atoms with Crippen molar-refractivity contribution >= 4 is 16.9 Å². The number of esters is 1. The lowest BCUT2D eigenvalue weighted by molar-refractivity contribution is -0.0126. The highest BCUT2D eigenvalue weighted by atomic mass is 16.7. The monoisotopic (exact) mass is 438 g/mol. The number of hydrogen-bond acceptors (Lipinski definition) is 7. The van der Waals surface area contributed by atoms with E-state index < -0.39 is 5.97 Å². The molecule has 0 spiro atoms. The lowest BCUT2D eigenvalue weighted by Gasteiger charge is -2.21. The van der Waals surface area contributed by atoms with Gasteiger partial charge in [0.2, 0.25) is 5.88 Å². The highest BCUT2D eigenvalue weighted by Gasteiger charge is 2.25. The smallest absolute Gasteiger partial charge is 0.340 e. The van der Waals surface area contributed by atoms with Crippen molar-refractivity contribution < 1.29 is 24.1 Å². The number of benzene rings is 2. The summed E-state index contributed by atoms with van der Waals surface area (Å²) in [5.41, 5.74) is 6.05. The van der Waals surface area contributed by atoms with E-state index in [4.69, 9.17) is 14.2 Å². The molecule has 0 atom stereocenters. The van der Waals surface area contributed by atoms with Crippen molar-refractivity contribution in [3.63, 3.8) is 0 Å². The maximum atomic E-state index is 12.7. The first-order chi connectivity index (χ1) is 15.1. The number of ether oxygens (including phenoxy) is 3. The van der Waals surface area contributed by atoms with Gasteiger partial charge in [0.15, 0.2) is 6.79 Å². The van der Waals surface area contributed by atoms with Crippen molar-refractivity contribution in [2.75, 3.05) is 13.9 Å². The maximum absolute atomic E-state index is 12.7. The summed E-state index contributed by atoms with van der Waals surface area (Å²) < 4.78 is 16.6. The van der Waals surface area contributed by atoms with Crippen LogP contribution in [0.2, 0.25) is 0 Å². The molecule has 3 rings (SSSR count). The summed E-state index contributed by atoms with van der Waals surface area (Å²) in [6.07, 6.45) is 0.660. The van der Waals surface area contributed by atoms with Gasteiger partial charge in [0.25, 0.3) is 0 Å². The molecule has 2 aromatic carbocycles. The van der Waals surface area contributed by atoms with Crippen LogP contribution in [-0.4, -0.2) is 34.9 Å². The second kappa shape index (κ2) is 9.12. The number of rotatable bonds is 6. The number of phenols is 1. The lowest BCUT2D eigenvalue weighted by Crippen LogP contribution is -2.14. The number of aromatic nitrogens is 2. The minimum absolute atomic E-state index is 0.103. The highest BCUT2D eigenvalue weighted by molar-refractivity contribution is 5.94. The third-order valence-electron chi connectivity index (χ3n) is 5.92. The van der Waals surface area contributed by atoms with Crippen LogP contribution in [0.3, 0.4) is 0 Å². The van der Waals surface area contributed by atoms with E-state index >= 15 is 0 Å². The van der Waals surface area contributed by atoms with Gasteiger partial charge in [-0.1, -0.05) is 6.92 Å². The fourth-order valence-corrected chi connectivity index (χ4v) is 4.09. The lowest BCUT2D eigenvalue weighted by atomic mass is 9.91. The third-order valence-corrected chi connectivity index (χ3v) is 5.92. The molecule has 170 valence electrons. The van der Waals surface area contributed by atoms with Gasteiger partial charge in [0, 0.05) is 12.7 Å². The predicted molar refractivity (Wildman–Crippen MR) is 123 cm³/mol. The minimum atomic E-state index is -0.420. The van der Waals surface area contributed by atoms with Crippen molar-refractivity contribution in [3.05, 3.63) is 50.8 Å². The molecule has 0 unspecified atom stereocenters. The van der Waals surface area contributed by atoms with E-state index in [1.165, 1.54) is 7.11 Å². The third kappa shape index (κ3) is 4.00. The molecule has 0 aliphatic rings. The first kappa shape index (κ1) is 23.5. The van der Waals surface area contributed by atoms with Gasteiger partial charge in [0.05, 0.1) is 16.5 Å². The normalized spacial score (nSPS) is 11.1. The zero-order chi connectivity index (χ0) is 23.7. The summed E-state index contributed by atoms with van der Waals surface area (Å²) in [6.45, 7) is 13.1. The van der Waals surface area contributed by atoms with E-state index in [1.807, 2.05) is 41.5 Å². The fraction of sp³-hybridized carbons (Fsp3) is 0.400. The molecule has 0 saturated carbocycles. The number of methoxy groups -OCH3 is 1. The molecule has 0 radical (unpaired) electrons. The molecule has 0 amide bonds. The average Bonchev–Trinajstić information content (AvgIpc) is 2.74. The number of aromatic hydroxyl groups is 1. The molecule has 0 saturated heterocycles. The Morgan fingerprint density at radius 3 is 2.31 bits per heavy atom. The van der Waals surface area contributed by atoms with Crippen LogP contribution in [0.4, 0.5) is 0 Å². The summed E-state index contributed by atoms with van der Waals surface area (Å²) in [6, 6.07) is 1.70. The van der Waals surface area contributed by atoms with Gasteiger partial charge in [-0.25, -0.2) is 9.78 Å². The van der Waals surface area contributed by atoms with Crippen LogP contribution in [0.15, 0.2) is 6.07 Å². The number of fused-ring (bicyclic) bond motifs is 1.